The monoisotopic (exact) mass is 384 g/mol. The van der Waals surface area contributed by atoms with E-state index in [1.807, 2.05) is 4.68 Å². The van der Waals surface area contributed by atoms with Crippen LogP contribution in [0, 0.1) is 5.82 Å². The molecule has 2 aromatic rings. The Morgan fingerprint density at radius 1 is 1.04 bits per heavy atom. The molecule has 0 unspecified atom stereocenters. The molecule has 1 fully saturated rings. The number of carbonyl (C=O) groups excluding carboxylic acids is 1. The van der Waals surface area contributed by atoms with Crippen LogP contribution in [-0.4, -0.2) is 46.8 Å². The summed E-state index contributed by atoms with van der Waals surface area (Å²) in [6.45, 7) is 4.09. The van der Waals surface area contributed by atoms with E-state index < -0.39 is 0 Å². The molecule has 0 bridgehead atoms. The molecular formula is C22H29FN4O. The Balaban J connectivity index is 1.43. The summed E-state index contributed by atoms with van der Waals surface area (Å²) in [6.07, 6.45) is 8.85. The summed E-state index contributed by atoms with van der Waals surface area (Å²) in [5, 5.41) is 7.69. The lowest BCUT2D eigenvalue weighted by atomic mass is 9.95. The minimum absolute atomic E-state index is 0.0855. The fourth-order valence-electron chi connectivity index (χ4n) is 4.35. The van der Waals surface area contributed by atoms with Crippen molar-refractivity contribution in [3.63, 3.8) is 0 Å². The molecule has 2 heterocycles. The van der Waals surface area contributed by atoms with Crippen LogP contribution >= 0.6 is 0 Å². The maximum Gasteiger partial charge on any atom is 0.272 e. The van der Waals surface area contributed by atoms with Crippen molar-refractivity contribution in [2.24, 2.45) is 0 Å². The van der Waals surface area contributed by atoms with Gasteiger partial charge in [-0.15, -0.1) is 0 Å². The molecule has 0 saturated carbocycles. The van der Waals surface area contributed by atoms with Gasteiger partial charge in [0.15, 0.2) is 5.69 Å². The lowest BCUT2D eigenvalue weighted by molar-refractivity contribution is 0.0944. The first kappa shape index (κ1) is 19.1. The topological polar surface area (TPSA) is 50.2 Å². The van der Waals surface area contributed by atoms with Crippen LogP contribution in [0.25, 0.3) is 5.69 Å². The van der Waals surface area contributed by atoms with E-state index in [2.05, 4.69) is 15.3 Å². The Morgan fingerprint density at radius 3 is 2.57 bits per heavy atom. The van der Waals surface area contributed by atoms with Gasteiger partial charge in [0.05, 0.1) is 5.69 Å². The van der Waals surface area contributed by atoms with Crippen molar-refractivity contribution in [1.29, 1.82) is 0 Å². The summed E-state index contributed by atoms with van der Waals surface area (Å²) < 4.78 is 15.1. The number of halogens is 1. The number of likely N-dealkylation sites (tertiary alicyclic amines) is 1. The van der Waals surface area contributed by atoms with Crippen LogP contribution in [0.15, 0.2) is 24.3 Å². The number of amides is 1. The van der Waals surface area contributed by atoms with E-state index in [1.165, 1.54) is 44.5 Å². The van der Waals surface area contributed by atoms with Gasteiger partial charge in [-0.1, -0.05) is 6.42 Å². The number of benzene rings is 1. The van der Waals surface area contributed by atoms with Gasteiger partial charge in [0.1, 0.15) is 5.82 Å². The maximum absolute atomic E-state index is 13.3. The highest BCUT2D eigenvalue weighted by atomic mass is 19.1. The van der Waals surface area contributed by atoms with Gasteiger partial charge in [-0.2, -0.15) is 5.10 Å². The number of nitrogens with one attached hydrogen (secondary N) is 1. The van der Waals surface area contributed by atoms with Crippen LogP contribution in [0.1, 0.15) is 60.3 Å². The number of carbonyl (C=O) groups is 1. The molecule has 150 valence electrons. The first-order chi connectivity index (χ1) is 13.7. The number of rotatable bonds is 6. The van der Waals surface area contributed by atoms with Crippen molar-refractivity contribution >= 4 is 5.91 Å². The van der Waals surface area contributed by atoms with Gasteiger partial charge >= 0.3 is 0 Å². The smallest absolute Gasteiger partial charge is 0.272 e. The Kier molecular flexibility index (Phi) is 6.05. The van der Waals surface area contributed by atoms with Gasteiger partial charge < -0.3 is 10.2 Å². The maximum atomic E-state index is 13.3. The molecule has 1 aromatic heterocycles. The van der Waals surface area contributed by atoms with Gasteiger partial charge in [0.2, 0.25) is 0 Å². The Morgan fingerprint density at radius 2 is 1.79 bits per heavy atom. The normalized spacial score (nSPS) is 17.3. The molecule has 4 rings (SSSR count). The average molecular weight is 384 g/mol. The first-order valence-electron chi connectivity index (χ1n) is 10.6. The molecule has 1 N–H and O–H groups in total. The van der Waals surface area contributed by atoms with Gasteiger partial charge in [0, 0.05) is 17.8 Å². The molecular weight excluding hydrogens is 355 g/mol. The summed E-state index contributed by atoms with van der Waals surface area (Å²) in [7, 11) is 0. The van der Waals surface area contributed by atoms with Crippen molar-refractivity contribution in [2.75, 3.05) is 26.2 Å². The minimum atomic E-state index is -0.267. The van der Waals surface area contributed by atoms with Gasteiger partial charge in [-0.3, -0.25) is 4.79 Å². The second-order valence-electron chi connectivity index (χ2n) is 7.88. The summed E-state index contributed by atoms with van der Waals surface area (Å²) in [6, 6.07) is 6.31. The third-order valence-corrected chi connectivity index (χ3v) is 5.85. The van der Waals surface area contributed by atoms with E-state index >= 15 is 0 Å². The highest BCUT2D eigenvalue weighted by Crippen LogP contribution is 2.27. The molecule has 2 aliphatic rings. The number of piperidine rings is 1. The number of hydrogen-bond acceptors (Lipinski definition) is 3. The van der Waals surface area contributed by atoms with E-state index in [-0.39, 0.29) is 11.7 Å². The summed E-state index contributed by atoms with van der Waals surface area (Å²) in [5.74, 6) is -0.353. The van der Waals surface area contributed by atoms with Crippen LogP contribution in [0.2, 0.25) is 0 Å². The van der Waals surface area contributed by atoms with E-state index in [0.717, 1.165) is 55.6 Å². The lowest BCUT2D eigenvalue weighted by Gasteiger charge is -2.26. The first-order valence-corrected chi connectivity index (χ1v) is 10.6. The molecule has 1 aromatic carbocycles. The van der Waals surface area contributed by atoms with Crippen LogP contribution in [-0.2, 0) is 12.8 Å². The number of fused-ring (bicyclic) bond motifs is 1. The molecule has 1 saturated heterocycles. The molecule has 1 aliphatic carbocycles. The highest BCUT2D eigenvalue weighted by molar-refractivity contribution is 5.94. The summed E-state index contributed by atoms with van der Waals surface area (Å²) >= 11 is 0. The molecule has 0 spiro atoms. The molecule has 1 aliphatic heterocycles. The molecule has 6 heteroatoms. The van der Waals surface area contributed by atoms with E-state index in [1.54, 1.807) is 12.1 Å². The third-order valence-electron chi connectivity index (χ3n) is 5.85. The molecule has 28 heavy (non-hydrogen) atoms. The Hall–Kier alpha value is -2.21. The zero-order chi connectivity index (χ0) is 19.3. The third kappa shape index (κ3) is 4.27. The second-order valence-corrected chi connectivity index (χ2v) is 7.88. The lowest BCUT2D eigenvalue weighted by Crippen LogP contribution is -2.33. The Labute approximate surface area is 165 Å². The van der Waals surface area contributed by atoms with Crippen molar-refractivity contribution < 1.29 is 9.18 Å². The predicted molar refractivity (Wildman–Crippen MR) is 107 cm³/mol. The molecule has 0 radical (unpaired) electrons. The highest BCUT2D eigenvalue weighted by Gasteiger charge is 2.25. The molecule has 0 atom stereocenters. The summed E-state index contributed by atoms with van der Waals surface area (Å²) in [4.78, 5) is 15.3. The minimum Gasteiger partial charge on any atom is -0.351 e. The van der Waals surface area contributed by atoms with Crippen molar-refractivity contribution in [3.05, 3.63) is 47.0 Å². The fraction of sp³-hybridized carbons (Fsp3) is 0.545. The SMILES string of the molecule is O=C(NCCCN1CCCCC1)c1nn(-c2ccc(F)cc2)c2c1CCCC2. The average Bonchev–Trinajstić information content (AvgIpc) is 3.12. The van der Waals surface area contributed by atoms with E-state index in [9.17, 15) is 9.18 Å². The number of hydrogen-bond donors (Lipinski definition) is 1. The van der Waals surface area contributed by atoms with Crippen molar-refractivity contribution in [2.45, 2.75) is 51.4 Å². The number of nitrogens with zero attached hydrogens (tertiary/aromatic N) is 3. The van der Waals surface area contributed by atoms with Crippen molar-refractivity contribution in [1.82, 2.24) is 20.0 Å². The van der Waals surface area contributed by atoms with Crippen molar-refractivity contribution in [3.8, 4) is 5.69 Å². The second kappa shape index (κ2) is 8.86. The molecule has 1 amide bonds. The van der Waals surface area contributed by atoms with Gasteiger partial charge in [-0.05, 0) is 88.8 Å². The standard InChI is InChI=1S/C22H29FN4O/c23-17-9-11-18(12-10-17)27-20-8-3-2-7-19(20)21(25-27)22(28)24-13-6-16-26-14-4-1-5-15-26/h9-12H,1-8,13-16H2,(H,24,28). The van der Waals surface area contributed by atoms with Crippen LogP contribution in [0.3, 0.4) is 0 Å². The largest absolute Gasteiger partial charge is 0.351 e. The zero-order valence-electron chi connectivity index (χ0n) is 16.4. The predicted octanol–water partition coefficient (Wildman–Crippen LogP) is 3.50. The van der Waals surface area contributed by atoms with Crippen LogP contribution in [0.4, 0.5) is 4.39 Å². The number of aromatic nitrogens is 2. The van der Waals surface area contributed by atoms with Crippen LogP contribution in [0.5, 0.6) is 0 Å². The van der Waals surface area contributed by atoms with Gasteiger partial charge in [-0.25, -0.2) is 9.07 Å². The molecule has 5 nitrogen and oxygen atoms in total. The summed E-state index contributed by atoms with van der Waals surface area (Å²) in [5.41, 5.74) is 3.50. The quantitative estimate of drug-likeness (QED) is 0.776. The fourth-order valence-corrected chi connectivity index (χ4v) is 4.35. The van der Waals surface area contributed by atoms with E-state index in [0.29, 0.717) is 12.2 Å². The van der Waals surface area contributed by atoms with Gasteiger partial charge in [0.25, 0.3) is 5.91 Å². The Bertz CT molecular complexity index is 809. The van der Waals surface area contributed by atoms with E-state index in [4.69, 9.17) is 0 Å². The zero-order valence-corrected chi connectivity index (χ0v) is 16.4. The van der Waals surface area contributed by atoms with Crippen LogP contribution < -0.4 is 5.32 Å².